The maximum Gasteiger partial charge on any atom is 0.236 e. The van der Waals surface area contributed by atoms with Crippen molar-refractivity contribution >= 4 is 5.91 Å². The van der Waals surface area contributed by atoms with Crippen molar-refractivity contribution < 1.29 is 14.3 Å². The maximum atomic E-state index is 11.7. The van der Waals surface area contributed by atoms with Crippen LogP contribution in [-0.2, 0) is 11.2 Å². The van der Waals surface area contributed by atoms with Crippen LogP contribution in [0.5, 0.6) is 11.5 Å². The number of nitrogens with two attached hydrogens (primary N) is 1. The highest BCUT2D eigenvalue weighted by atomic mass is 16.6. The third-order valence-electron chi connectivity index (χ3n) is 3.26. The molecule has 1 aromatic rings. The second-order valence-corrected chi connectivity index (χ2v) is 4.91. The van der Waals surface area contributed by atoms with Gasteiger partial charge >= 0.3 is 0 Å². The zero-order valence-electron chi connectivity index (χ0n) is 11.9. The summed E-state index contributed by atoms with van der Waals surface area (Å²) in [4.78, 5) is 11.7. The van der Waals surface area contributed by atoms with Gasteiger partial charge in [-0.15, -0.1) is 0 Å². The van der Waals surface area contributed by atoms with Gasteiger partial charge in [-0.25, -0.2) is 0 Å². The molecule has 110 valence electrons. The Bertz CT molecular complexity index is 462. The summed E-state index contributed by atoms with van der Waals surface area (Å²) < 4.78 is 11.0. The van der Waals surface area contributed by atoms with Crippen molar-refractivity contribution in [3.05, 3.63) is 23.8 Å². The van der Waals surface area contributed by atoms with Crippen molar-refractivity contribution in [1.82, 2.24) is 5.32 Å². The molecule has 0 bridgehead atoms. The molecule has 3 N–H and O–H groups in total. The van der Waals surface area contributed by atoms with Crippen molar-refractivity contribution in [2.75, 3.05) is 19.8 Å². The standard InChI is InChI=1S/C15H22N2O3/c1-2-3-12(16)15(18)17-7-6-11-4-5-13-14(10-11)20-9-8-19-13/h4-5,10,12H,2-3,6-9,16H2,1H3,(H,17,18)/t12-/m1/s1. The quantitative estimate of drug-likeness (QED) is 0.821. The first-order chi connectivity index (χ1) is 9.70. The summed E-state index contributed by atoms with van der Waals surface area (Å²) in [5, 5.41) is 2.86. The van der Waals surface area contributed by atoms with E-state index in [0.29, 0.717) is 19.8 Å². The molecule has 2 rings (SSSR count). The summed E-state index contributed by atoms with van der Waals surface area (Å²) in [7, 11) is 0. The van der Waals surface area contributed by atoms with Crippen molar-refractivity contribution in [3.8, 4) is 11.5 Å². The summed E-state index contributed by atoms with van der Waals surface area (Å²) in [6.07, 6.45) is 2.38. The summed E-state index contributed by atoms with van der Waals surface area (Å²) in [5.41, 5.74) is 6.86. The smallest absolute Gasteiger partial charge is 0.236 e. The molecule has 0 saturated carbocycles. The number of amides is 1. The van der Waals surface area contributed by atoms with Crippen molar-refractivity contribution in [2.24, 2.45) is 5.73 Å². The van der Waals surface area contributed by atoms with Crippen LogP contribution < -0.4 is 20.5 Å². The first-order valence-corrected chi connectivity index (χ1v) is 7.12. The Labute approximate surface area is 119 Å². The van der Waals surface area contributed by atoms with Crippen LogP contribution in [0.1, 0.15) is 25.3 Å². The molecular formula is C15H22N2O3. The SMILES string of the molecule is CCC[C@@H](N)C(=O)NCCc1ccc2c(c1)OCCO2. The van der Waals surface area contributed by atoms with Crippen LogP contribution in [0.4, 0.5) is 0 Å². The summed E-state index contributed by atoms with van der Waals surface area (Å²) in [6.45, 7) is 3.77. The zero-order valence-corrected chi connectivity index (χ0v) is 11.9. The molecule has 0 aliphatic carbocycles. The largest absolute Gasteiger partial charge is 0.486 e. The first-order valence-electron chi connectivity index (χ1n) is 7.12. The molecule has 20 heavy (non-hydrogen) atoms. The minimum absolute atomic E-state index is 0.0793. The van der Waals surface area contributed by atoms with E-state index in [4.69, 9.17) is 15.2 Å². The third-order valence-corrected chi connectivity index (χ3v) is 3.26. The second-order valence-electron chi connectivity index (χ2n) is 4.91. The molecule has 1 heterocycles. The fraction of sp³-hybridized carbons (Fsp3) is 0.533. The van der Waals surface area contributed by atoms with E-state index in [1.54, 1.807) is 0 Å². The average molecular weight is 278 g/mol. The van der Waals surface area contributed by atoms with Gasteiger partial charge in [0.2, 0.25) is 5.91 Å². The number of carbonyl (C=O) groups excluding carboxylic acids is 1. The maximum absolute atomic E-state index is 11.7. The molecule has 1 aromatic carbocycles. The van der Waals surface area contributed by atoms with Crippen LogP contribution in [0.15, 0.2) is 18.2 Å². The van der Waals surface area contributed by atoms with Crippen molar-refractivity contribution in [3.63, 3.8) is 0 Å². The molecule has 0 spiro atoms. The van der Waals surface area contributed by atoms with E-state index in [1.165, 1.54) is 0 Å². The van der Waals surface area contributed by atoms with Gasteiger partial charge in [-0.05, 0) is 30.5 Å². The fourth-order valence-corrected chi connectivity index (χ4v) is 2.15. The lowest BCUT2D eigenvalue weighted by Gasteiger charge is -2.19. The minimum Gasteiger partial charge on any atom is -0.486 e. The molecule has 1 aliphatic rings. The Hall–Kier alpha value is -1.75. The molecule has 5 nitrogen and oxygen atoms in total. The van der Waals surface area contributed by atoms with Gasteiger partial charge in [0.05, 0.1) is 6.04 Å². The summed E-state index contributed by atoms with van der Waals surface area (Å²) in [6, 6.07) is 5.47. The fourth-order valence-electron chi connectivity index (χ4n) is 2.15. The number of ether oxygens (including phenoxy) is 2. The van der Waals surface area contributed by atoms with Gasteiger partial charge in [0, 0.05) is 6.54 Å². The van der Waals surface area contributed by atoms with Gasteiger partial charge in [-0.2, -0.15) is 0 Å². The molecule has 0 unspecified atom stereocenters. The van der Waals surface area contributed by atoms with Crippen LogP contribution in [0.2, 0.25) is 0 Å². The van der Waals surface area contributed by atoms with Gasteiger partial charge in [-0.3, -0.25) is 4.79 Å². The summed E-state index contributed by atoms with van der Waals surface area (Å²) in [5.74, 6) is 1.49. The first kappa shape index (κ1) is 14.7. The Morgan fingerprint density at radius 3 is 2.85 bits per heavy atom. The van der Waals surface area contributed by atoms with Gasteiger partial charge in [0.1, 0.15) is 13.2 Å². The van der Waals surface area contributed by atoms with E-state index < -0.39 is 6.04 Å². The molecule has 1 atom stereocenters. The van der Waals surface area contributed by atoms with E-state index in [1.807, 2.05) is 25.1 Å². The number of carbonyl (C=O) groups is 1. The Morgan fingerprint density at radius 1 is 1.35 bits per heavy atom. The average Bonchev–Trinajstić information content (AvgIpc) is 2.47. The molecule has 1 amide bonds. The highest BCUT2D eigenvalue weighted by Gasteiger charge is 2.13. The van der Waals surface area contributed by atoms with Crippen molar-refractivity contribution in [2.45, 2.75) is 32.2 Å². The highest BCUT2D eigenvalue weighted by Crippen LogP contribution is 2.30. The molecule has 0 radical (unpaired) electrons. The van der Waals surface area contributed by atoms with E-state index in [0.717, 1.165) is 36.3 Å². The molecular weight excluding hydrogens is 256 g/mol. The lowest BCUT2D eigenvalue weighted by atomic mass is 10.1. The predicted molar refractivity (Wildman–Crippen MR) is 77.0 cm³/mol. The number of benzene rings is 1. The predicted octanol–water partition coefficient (Wildman–Crippen LogP) is 1.24. The number of nitrogens with one attached hydrogen (secondary N) is 1. The Balaban J connectivity index is 1.81. The number of fused-ring (bicyclic) bond motifs is 1. The second kappa shape index (κ2) is 7.14. The van der Waals surface area contributed by atoms with Gasteiger partial charge in [0.15, 0.2) is 11.5 Å². The lowest BCUT2D eigenvalue weighted by Crippen LogP contribution is -2.41. The number of hydrogen-bond donors (Lipinski definition) is 2. The van der Waals surface area contributed by atoms with E-state index in [2.05, 4.69) is 5.32 Å². The molecule has 0 fully saturated rings. The topological polar surface area (TPSA) is 73.6 Å². The summed E-state index contributed by atoms with van der Waals surface area (Å²) >= 11 is 0. The Kier molecular flexibility index (Phi) is 5.24. The van der Waals surface area contributed by atoms with E-state index in [-0.39, 0.29) is 5.91 Å². The number of hydrogen-bond acceptors (Lipinski definition) is 4. The van der Waals surface area contributed by atoms with Gasteiger partial charge in [-0.1, -0.05) is 19.4 Å². The Morgan fingerprint density at radius 2 is 2.10 bits per heavy atom. The van der Waals surface area contributed by atoms with E-state index >= 15 is 0 Å². The monoisotopic (exact) mass is 278 g/mol. The van der Waals surface area contributed by atoms with Crippen molar-refractivity contribution in [1.29, 1.82) is 0 Å². The van der Waals surface area contributed by atoms with Gasteiger partial charge in [0.25, 0.3) is 0 Å². The molecule has 0 saturated heterocycles. The van der Waals surface area contributed by atoms with Crippen LogP contribution in [0.3, 0.4) is 0 Å². The van der Waals surface area contributed by atoms with Crippen LogP contribution in [0.25, 0.3) is 0 Å². The van der Waals surface area contributed by atoms with E-state index in [9.17, 15) is 4.79 Å². The van der Waals surface area contributed by atoms with Crippen LogP contribution in [0, 0.1) is 0 Å². The van der Waals surface area contributed by atoms with Crippen LogP contribution in [-0.4, -0.2) is 31.7 Å². The minimum atomic E-state index is -0.403. The molecule has 0 aromatic heterocycles. The van der Waals surface area contributed by atoms with Crippen LogP contribution >= 0.6 is 0 Å². The normalized spacial score (nSPS) is 14.7. The van der Waals surface area contributed by atoms with Gasteiger partial charge < -0.3 is 20.5 Å². The highest BCUT2D eigenvalue weighted by molar-refractivity contribution is 5.81. The molecule has 5 heteroatoms. The number of rotatable bonds is 6. The zero-order chi connectivity index (χ0) is 14.4. The third kappa shape index (κ3) is 3.87. The lowest BCUT2D eigenvalue weighted by molar-refractivity contribution is -0.122. The molecule has 1 aliphatic heterocycles.